The normalized spacial score (nSPS) is 20.1. The SMILES string of the molecule is COC(=O)CN(CCOCCNC(=O)CCCCC1SCC2NC(=O)NC21)Cc1c(F)c(F)c(F)c(F)c1F. The molecule has 3 rings (SSSR count). The molecule has 1 aromatic carbocycles. The number of urea groups is 1. The number of nitrogens with one attached hydrogen (secondary N) is 3. The summed E-state index contributed by atoms with van der Waals surface area (Å²) in [6, 6.07) is 0.169. The van der Waals surface area contributed by atoms with Crippen LogP contribution in [0, 0.1) is 29.1 Å². The summed E-state index contributed by atoms with van der Waals surface area (Å²) in [5.74, 6) is -10.4. The number of nitrogens with zero attached hydrogens (tertiary/aromatic N) is 1. The minimum Gasteiger partial charge on any atom is -0.468 e. The summed E-state index contributed by atoms with van der Waals surface area (Å²) in [5, 5.41) is 8.87. The summed E-state index contributed by atoms with van der Waals surface area (Å²) in [6.45, 7) is -1.04. The molecule has 1 aromatic rings. The van der Waals surface area contributed by atoms with Crippen molar-refractivity contribution in [3.63, 3.8) is 0 Å². The number of fused-ring (bicyclic) bond motifs is 1. The number of ether oxygens (including phenoxy) is 2. The van der Waals surface area contributed by atoms with E-state index in [1.165, 1.54) is 0 Å². The molecule has 39 heavy (non-hydrogen) atoms. The van der Waals surface area contributed by atoms with Crippen molar-refractivity contribution in [2.75, 3.05) is 45.7 Å². The first-order valence-corrected chi connectivity index (χ1v) is 13.5. The maximum atomic E-state index is 14.0. The van der Waals surface area contributed by atoms with Crippen molar-refractivity contribution < 1.29 is 45.8 Å². The van der Waals surface area contributed by atoms with Crippen LogP contribution in [-0.2, 0) is 25.6 Å². The van der Waals surface area contributed by atoms with Gasteiger partial charge in [-0.05, 0) is 12.8 Å². The third-order valence-electron chi connectivity index (χ3n) is 6.46. The Bertz CT molecular complexity index is 1020. The van der Waals surface area contributed by atoms with E-state index in [2.05, 4.69) is 20.7 Å². The molecule has 0 aliphatic carbocycles. The van der Waals surface area contributed by atoms with Crippen LogP contribution < -0.4 is 16.0 Å². The van der Waals surface area contributed by atoms with Crippen LogP contribution in [0.5, 0.6) is 0 Å². The monoisotopic (exact) mass is 582 g/mol. The molecule has 2 aliphatic heterocycles. The van der Waals surface area contributed by atoms with Gasteiger partial charge in [-0.2, -0.15) is 11.8 Å². The second-order valence-corrected chi connectivity index (χ2v) is 10.4. The quantitative estimate of drug-likeness (QED) is 0.0727. The van der Waals surface area contributed by atoms with Crippen LogP contribution in [0.25, 0.3) is 0 Å². The molecule has 3 amide bonds. The van der Waals surface area contributed by atoms with Crippen molar-refractivity contribution in [1.29, 1.82) is 0 Å². The van der Waals surface area contributed by atoms with E-state index in [0.29, 0.717) is 18.1 Å². The molecule has 3 unspecified atom stereocenters. The minimum absolute atomic E-state index is 0.0468. The lowest BCUT2D eigenvalue weighted by Gasteiger charge is -2.22. The number of carbonyl (C=O) groups is 3. The van der Waals surface area contributed by atoms with Crippen molar-refractivity contribution >= 4 is 29.7 Å². The average Bonchev–Trinajstić information content (AvgIpc) is 3.47. The Morgan fingerprint density at radius 3 is 2.41 bits per heavy atom. The maximum Gasteiger partial charge on any atom is 0.319 e. The van der Waals surface area contributed by atoms with Gasteiger partial charge < -0.3 is 25.4 Å². The van der Waals surface area contributed by atoms with E-state index in [4.69, 9.17) is 4.74 Å². The van der Waals surface area contributed by atoms with Crippen LogP contribution in [0.1, 0.15) is 31.2 Å². The van der Waals surface area contributed by atoms with E-state index in [9.17, 15) is 36.3 Å². The number of amides is 3. The molecule has 2 aliphatic rings. The van der Waals surface area contributed by atoms with E-state index in [1.807, 2.05) is 11.8 Å². The highest BCUT2D eigenvalue weighted by Crippen LogP contribution is 2.33. The van der Waals surface area contributed by atoms with Gasteiger partial charge >= 0.3 is 12.0 Å². The number of hydrogen-bond acceptors (Lipinski definition) is 7. The Morgan fingerprint density at radius 2 is 1.72 bits per heavy atom. The second kappa shape index (κ2) is 14.7. The Kier molecular flexibility index (Phi) is 11.6. The van der Waals surface area contributed by atoms with Gasteiger partial charge in [0.15, 0.2) is 23.3 Å². The first kappa shape index (κ1) is 30.9. The summed E-state index contributed by atoms with van der Waals surface area (Å²) in [7, 11) is 1.09. The van der Waals surface area contributed by atoms with Gasteiger partial charge in [-0.15, -0.1) is 0 Å². The summed E-state index contributed by atoms with van der Waals surface area (Å²) in [5.41, 5.74) is -1.07. The smallest absolute Gasteiger partial charge is 0.319 e. The largest absolute Gasteiger partial charge is 0.468 e. The molecule has 9 nitrogen and oxygen atoms in total. The van der Waals surface area contributed by atoms with Crippen molar-refractivity contribution in [2.24, 2.45) is 0 Å². The lowest BCUT2D eigenvalue weighted by atomic mass is 10.0. The zero-order valence-electron chi connectivity index (χ0n) is 21.3. The standard InChI is InChI=1S/C24H31F5N4O5S/c1-37-17(35)11-33(10-13-18(25)20(27)22(29)21(28)19(13)26)7-9-38-8-6-30-16(34)5-3-2-4-15-23-14(12-39-15)31-24(36)32-23/h14-15,23H,2-12H2,1H3,(H,30,34)(H2,31,32,36). The zero-order valence-corrected chi connectivity index (χ0v) is 22.1. The third kappa shape index (κ3) is 8.42. The molecule has 3 N–H and O–H groups in total. The van der Waals surface area contributed by atoms with E-state index in [1.54, 1.807) is 0 Å². The zero-order chi connectivity index (χ0) is 28.5. The number of hydrogen-bond donors (Lipinski definition) is 3. The number of methoxy groups -OCH3 is 1. The van der Waals surface area contributed by atoms with Crippen LogP contribution in [0.2, 0.25) is 0 Å². The molecule has 2 heterocycles. The average molecular weight is 583 g/mol. The van der Waals surface area contributed by atoms with E-state index in [-0.39, 0.29) is 50.3 Å². The number of unbranched alkanes of at least 4 members (excludes halogenated alkanes) is 1. The number of benzene rings is 1. The molecule has 15 heteroatoms. The van der Waals surface area contributed by atoms with Crippen molar-refractivity contribution in [1.82, 2.24) is 20.9 Å². The molecular formula is C24H31F5N4O5S. The molecule has 0 bridgehead atoms. The fourth-order valence-electron chi connectivity index (χ4n) is 4.39. The molecule has 218 valence electrons. The Balaban J connectivity index is 1.33. The molecule has 0 radical (unpaired) electrons. The van der Waals surface area contributed by atoms with Crippen LogP contribution in [0.3, 0.4) is 0 Å². The molecule has 0 spiro atoms. The number of rotatable bonds is 15. The Hall–Kier alpha value is -2.65. The predicted octanol–water partition coefficient (Wildman–Crippen LogP) is 2.22. The van der Waals surface area contributed by atoms with Crippen molar-refractivity contribution in [3.8, 4) is 0 Å². The van der Waals surface area contributed by atoms with E-state index in [0.717, 1.165) is 30.6 Å². The first-order chi connectivity index (χ1) is 18.6. The fraction of sp³-hybridized carbons (Fsp3) is 0.625. The van der Waals surface area contributed by atoms with Gasteiger partial charge in [0, 0.05) is 42.6 Å². The highest BCUT2D eigenvalue weighted by Gasteiger charge is 2.42. The summed E-state index contributed by atoms with van der Waals surface area (Å²) >= 11 is 1.82. The molecule has 0 aromatic heterocycles. The van der Waals surface area contributed by atoms with E-state index >= 15 is 0 Å². The van der Waals surface area contributed by atoms with Gasteiger partial charge in [0.25, 0.3) is 0 Å². The molecule has 3 atom stereocenters. The van der Waals surface area contributed by atoms with Gasteiger partial charge in [0.05, 0.1) is 39.0 Å². The van der Waals surface area contributed by atoms with Crippen molar-refractivity contribution in [2.45, 2.75) is 49.6 Å². The van der Waals surface area contributed by atoms with Crippen LogP contribution in [0.4, 0.5) is 26.7 Å². The molecular weight excluding hydrogens is 551 g/mol. The van der Waals surface area contributed by atoms with Crippen LogP contribution >= 0.6 is 11.8 Å². The van der Waals surface area contributed by atoms with Gasteiger partial charge in [-0.1, -0.05) is 6.42 Å². The highest BCUT2D eigenvalue weighted by molar-refractivity contribution is 8.00. The van der Waals surface area contributed by atoms with Crippen molar-refractivity contribution in [3.05, 3.63) is 34.6 Å². The number of esters is 1. The van der Waals surface area contributed by atoms with Gasteiger partial charge in [-0.25, -0.2) is 26.7 Å². The summed E-state index contributed by atoms with van der Waals surface area (Å²) < 4.78 is 78.3. The highest BCUT2D eigenvalue weighted by atomic mass is 32.2. The summed E-state index contributed by atoms with van der Waals surface area (Å²) in [6.07, 6.45) is 2.78. The lowest BCUT2D eigenvalue weighted by molar-refractivity contribution is -0.142. The fourth-order valence-corrected chi connectivity index (χ4v) is 5.94. The van der Waals surface area contributed by atoms with Gasteiger partial charge in [-0.3, -0.25) is 14.5 Å². The minimum atomic E-state index is -2.26. The third-order valence-corrected chi connectivity index (χ3v) is 7.97. The van der Waals surface area contributed by atoms with Crippen LogP contribution in [0.15, 0.2) is 0 Å². The number of thioether (sulfide) groups is 1. The van der Waals surface area contributed by atoms with Gasteiger partial charge in [0.2, 0.25) is 11.7 Å². The topological polar surface area (TPSA) is 109 Å². The number of halogens is 5. The lowest BCUT2D eigenvalue weighted by Crippen LogP contribution is -2.36. The molecule has 2 fully saturated rings. The van der Waals surface area contributed by atoms with E-state index < -0.39 is 53.7 Å². The van der Waals surface area contributed by atoms with Crippen LogP contribution in [-0.4, -0.2) is 85.9 Å². The second-order valence-electron chi connectivity index (χ2n) is 9.17. The Labute approximate surface area is 226 Å². The molecule has 2 saturated heterocycles. The summed E-state index contributed by atoms with van der Waals surface area (Å²) in [4.78, 5) is 36.3. The first-order valence-electron chi connectivity index (χ1n) is 12.4. The number of carbonyl (C=O) groups excluding carboxylic acids is 3. The Morgan fingerprint density at radius 1 is 1.03 bits per heavy atom. The predicted molar refractivity (Wildman–Crippen MR) is 131 cm³/mol. The van der Waals surface area contributed by atoms with Gasteiger partial charge in [0.1, 0.15) is 0 Å². The maximum absolute atomic E-state index is 14.0. The molecule has 0 saturated carbocycles.